The first-order valence-corrected chi connectivity index (χ1v) is 8.52. The molecule has 118 valence electrons. The Labute approximate surface area is 152 Å². The molecule has 22 heavy (non-hydrogen) atoms. The predicted molar refractivity (Wildman–Crippen MR) is 96.5 cm³/mol. The summed E-state index contributed by atoms with van der Waals surface area (Å²) < 4.78 is 0.702. The van der Waals surface area contributed by atoms with E-state index in [4.69, 9.17) is 17.3 Å². The number of carbonyl (C=O) groups excluding carboxylic acids is 1. The maximum absolute atomic E-state index is 12.3. The van der Waals surface area contributed by atoms with Gasteiger partial charge in [0.2, 0.25) is 0 Å². The Morgan fingerprint density at radius 2 is 2.27 bits per heavy atom. The van der Waals surface area contributed by atoms with Crippen LogP contribution in [0, 0.1) is 0 Å². The fraction of sp³-hybridized carbons (Fsp3) is 0.286. The number of aromatic nitrogens is 1. The van der Waals surface area contributed by atoms with E-state index in [1.807, 2.05) is 0 Å². The number of carbonyl (C=O) groups is 1. The molecule has 1 atom stereocenters. The van der Waals surface area contributed by atoms with E-state index in [1.54, 1.807) is 18.2 Å². The van der Waals surface area contributed by atoms with Gasteiger partial charge >= 0.3 is 0 Å². The van der Waals surface area contributed by atoms with Crippen molar-refractivity contribution in [1.82, 2.24) is 4.98 Å². The molecule has 1 amide bonds. The first-order valence-electron chi connectivity index (χ1n) is 6.53. The van der Waals surface area contributed by atoms with Gasteiger partial charge in [-0.05, 0) is 53.4 Å². The predicted octanol–water partition coefficient (Wildman–Crippen LogP) is 4.05. The van der Waals surface area contributed by atoms with Gasteiger partial charge in [0.05, 0.1) is 11.3 Å². The van der Waals surface area contributed by atoms with Crippen LogP contribution in [0.25, 0.3) is 0 Å². The van der Waals surface area contributed by atoms with E-state index >= 15 is 0 Å². The maximum Gasteiger partial charge on any atom is 0.258 e. The van der Waals surface area contributed by atoms with Gasteiger partial charge in [0.15, 0.2) is 5.13 Å². The number of rotatable bonds is 2. The number of hydrogen-bond acceptors (Lipinski definition) is 4. The second-order valence-electron chi connectivity index (χ2n) is 4.97. The van der Waals surface area contributed by atoms with Gasteiger partial charge in [-0.3, -0.25) is 10.1 Å². The van der Waals surface area contributed by atoms with E-state index in [0.29, 0.717) is 20.2 Å². The van der Waals surface area contributed by atoms with E-state index in [-0.39, 0.29) is 24.4 Å². The highest BCUT2D eigenvalue weighted by molar-refractivity contribution is 9.10. The van der Waals surface area contributed by atoms with Crippen LogP contribution in [-0.4, -0.2) is 16.9 Å². The fourth-order valence-corrected chi connectivity index (χ4v) is 3.98. The largest absolute Gasteiger partial charge is 0.327 e. The molecule has 3 rings (SSSR count). The highest BCUT2D eigenvalue weighted by Crippen LogP contribution is 2.30. The van der Waals surface area contributed by atoms with Crippen molar-refractivity contribution in [2.24, 2.45) is 5.73 Å². The Morgan fingerprint density at radius 3 is 3.05 bits per heavy atom. The molecule has 0 aliphatic heterocycles. The Hall–Kier alpha value is -0.660. The van der Waals surface area contributed by atoms with Crippen LogP contribution in [0.3, 0.4) is 0 Å². The van der Waals surface area contributed by atoms with Gasteiger partial charge in [0.1, 0.15) is 0 Å². The van der Waals surface area contributed by atoms with Crippen molar-refractivity contribution < 1.29 is 4.79 Å². The van der Waals surface area contributed by atoms with Crippen molar-refractivity contribution in [3.05, 3.63) is 43.8 Å². The summed E-state index contributed by atoms with van der Waals surface area (Å²) in [6, 6.07) is 5.31. The van der Waals surface area contributed by atoms with Gasteiger partial charge in [-0.2, -0.15) is 0 Å². The summed E-state index contributed by atoms with van der Waals surface area (Å²) in [6.07, 6.45) is 2.66. The van der Waals surface area contributed by atoms with E-state index < -0.39 is 0 Å². The summed E-state index contributed by atoms with van der Waals surface area (Å²) in [5.74, 6) is -0.222. The van der Waals surface area contributed by atoms with E-state index in [9.17, 15) is 4.79 Å². The van der Waals surface area contributed by atoms with Gasteiger partial charge in [-0.25, -0.2) is 4.98 Å². The fourth-order valence-electron chi connectivity index (χ4n) is 2.29. The van der Waals surface area contributed by atoms with Crippen LogP contribution in [0.4, 0.5) is 5.13 Å². The third-order valence-electron chi connectivity index (χ3n) is 3.37. The quantitative estimate of drug-likeness (QED) is 0.766. The lowest BCUT2D eigenvalue weighted by atomic mass is 9.99. The number of fused-ring (bicyclic) bond motifs is 1. The number of hydrogen-bond donors (Lipinski definition) is 2. The van der Waals surface area contributed by atoms with E-state index in [2.05, 4.69) is 26.2 Å². The molecule has 8 heteroatoms. The van der Waals surface area contributed by atoms with Crippen LogP contribution in [0.2, 0.25) is 5.02 Å². The second-order valence-corrected chi connectivity index (χ2v) is 7.34. The van der Waals surface area contributed by atoms with Gasteiger partial charge in [0, 0.05) is 20.4 Å². The SMILES string of the molecule is Cl.N[C@H]1CCc2nc(NC(=O)c3cc(Cl)ccc3Br)sc2C1. The van der Waals surface area contributed by atoms with Crippen molar-refractivity contribution in [3.63, 3.8) is 0 Å². The zero-order valence-corrected chi connectivity index (χ0v) is 15.4. The Kier molecular flexibility index (Phi) is 5.85. The molecule has 3 N–H and O–H groups in total. The molecule has 1 aromatic carbocycles. The summed E-state index contributed by atoms with van der Waals surface area (Å²) in [7, 11) is 0. The summed E-state index contributed by atoms with van der Waals surface area (Å²) in [5.41, 5.74) is 7.51. The minimum atomic E-state index is -0.222. The molecule has 0 unspecified atom stereocenters. The number of aryl methyl sites for hydroxylation is 1. The van der Waals surface area contributed by atoms with Crippen LogP contribution in [0.5, 0.6) is 0 Å². The molecular weight excluding hydrogens is 409 g/mol. The molecule has 0 spiro atoms. The van der Waals surface area contributed by atoms with Crippen LogP contribution < -0.4 is 11.1 Å². The Balaban J connectivity index is 0.00000176. The van der Waals surface area contributed by atoms with E-state index in [1.165, 1.54) is 16.2 Å². The number of anilines is 1. The maximum atomic E-state index is 12.3. The molecule has 1 aromatic heterocycles. The zero-order chi connectivity index (χ0) is 15.0. The highest BCUT2D eigenvalue weighted by atomic mass is 79.9. The average molecular weight is 423 g/mol. The molecule has 0 radical (unpaired) electrons. The first kappa shape index (κ1) is 17.7. The van der Waals surface area contributed by atoms with Crippen molar-refractivity contribution >= 4 is 62.3 Å². The normalized spacial score (nSPS) is 16.6. The molecule has 1 aliphatic rings. The van der Waals surface area contributed by atoms with Crippen molar-refractivity contribution in [3.8, 4) is 0 Å². The second kappa shape index (κ2) is 7.27. The molecule has 2 aromatic rings. The molecule has 0 saturated carbocycles. The van der Waals surface area contributed by atoms with Gasteiger partial charge in [-0.15, -0.1) is 23.7 Å². The number of benzene rings is 1. The Morgan fingerprint density at radius 1 is 1.50 bits per heavy atom. The lowest BCUT2D eigenvalue weighted by Gasteiger charge is -2.15. The zero-order valence-electron chi connectivity index (χ0n) is 11.4. The smallest absolute Gasteiger partial charge is 0.258 e. The van der Waals surface area contributed by atoms with E-state index in [0.717, 1.165) is 25.0 Å². The van der Waals surface area contributed by atoms with Crippen LogP contribution in [0.1, 0.15) is 27.3 Å². The standard InChI is InChI=1S/C14H13BrClN3OS.ClH/c15-10-3-1-7(16)5-9(10)13(20)19-14-18-11-4-2-8(17)6-12(11)21-14;/h1,3,5,8H,2,4,6,17H2,(H,18,19,20);1H/t8-;/m0./s1. The van der Waals surface area contributed by atoms with Crippen LogP contribution in [0.15, 0.2) is 22.7 Å². The van der Waals surface area contributed by atoms with Gasteiger partial charge in [-0.1, -0.05) is 11.6 Å². The summed E-state index contributed by atoms with van der Waals surface area (Å²) in [6.45, 7) is 0. The molecule has 4 nitrogen and oxygen atoms in total. The van der Waals surface area contributed by atoms with Gasteiger partial charge < -0.3 is 5.73 Å². The average Bonchev–Trinajstić information content (AvgIpc) is 2.82. The lowest BCUT2D eigenvalue weighted by molar-refractivity contribution is 0.102. The number of halogens is 3. The summed E-state index contributed by atoms with van der Waals surface area (Å²) >= 11 is 10.8. The molecule has 1 heterocycles. The van der Waals surface area contributed by atoms with Crippen molar-refractivity contribution in [2.75, 3.05) is 5.32 Å². The first-order chi connectivity index (χ1) is 10.0. The molecule has 0 bridgehead atoms. The number of nitrogens with two attached hydrogens (primary N) is 1. The topological polar surface area (TPSA) is 68.0 Å². The number of nitrogens with one attached hydrogen (secondary N) is 1. The van der Waals surface area contributed by atoms with Crippen LogP contribution >= 0.6 is 51.3 Å². The summed E-state index contributed by atoms with van der Waals surface area (Å²) in [4.78, 5) is 18.0. The third kappa shape index (κ3) is 3.81. The van der Waals surface area contributed by atoms with Crippen molar-refractivity contribution in [1.29, 1.82) is 0 Å². The Bertz CT molecular complexity index is 707. The molecule has 0 fully saturated rings. The number of nitrogens with zero attached hydrogens (tertiary/aromatic N) is 1. The third-order valence-corrected chi connectivity index (χ3v) is 5.33. The monoisotopic (exact) mass is 421 g/mol. The van der Waals surface area contributed by atoms with Crippen molar-refractivity contribution in [2.45, 2.75) is 25.3 Å². The molecular formula is C14H14BrCl2N3OS. The molecule has 0 saturated heterocycles. The molecule has 1 aliphatic carbocycles. The summed E-state index contributed by atoms with van der Waals surface area (Å²) in [5, 5.41) is 3.98. The minimum absolute atomic E-state index is 0. The van der Waals surface area contributed by atoms with Gasteiger partial charge in [0.25, 0.3) is 5.91 Å². The number of amides is 1. The number of thiazole rings is 1. The minimum Gasteiger partial charge on any atom is -0.327 e. The lowest BCUT2D eigenvalue weighted by Crippen LogP contribution is -2.27. The van der Waals surface area contributed by atoms with Crippen LogP contribution in [-0.2, 0) is 12.8 Å². The highest BCUT2D eigenvalue weighted by Gasteiger charge is 2.21.